The fourth-order valence-electron chi connectivity index (χ4n) is 3.54. The Kier molecular flexibility index (Phi) is 21.1. The van der Waals surface area contributed by atoms with Crippen LogP contribution >= 0.6 is 0 Å². The highest BCUT2D eigenvalue weighted by molar-refractivity contribution is 5.72. The summed E-state index contributed by atoms with van der Waals surface area (Å²) in [6.07, 6.45) is 27.9. The SMILES string of the molecule is CCCCCCCCCCCCCCCCCCCCCCC([NH])=O. The molecule has 2 nitrogen and oxygen atoms in total. The van der Waals surface area contributed by atoms with Gasteiger partial charge in [-0.25, -0.2) is 0 Å². The van der Waals surface area contributed by atoms with E-state index in [-0.39, 0.29) is 0 Å². The molecule has 0 rings (SSSR count). The molecule has 0 aromatic carbocycles. The van der Waals surface area contributed by atoms with Crippen molar-refractivity contribution in [2.24, 2.45) is 0 Å². The second-order valence-corrected chi connectivity index (χ2v) is 7.89. The third kappa shape index (κ3) is 23.5. The molecule has 1 radical (unpaired) electrons. The van der Waals surface area contributed by atoms with Crippen molar-refractivity contribution in [2.75, 3.05) is 0 Å². The van der Waals surface area contributed by atoms with Gasteiger partial charge in [0.25, 0.3) is 0 Å². The van der Waals surface area contributed by atoms with E-state index in [2.05, 4.69) is 6.92 Å². The number of hydrogen-bond donors (Lipinski definition) is 0. The molecule has 0 aliphatic heterocycles. The Bertz CT molecular complexity index is 265. The van der Waals surface area contributed by atoms with Crippen LogP contribution in [-0.4, -0.2) is 5.91 Å². The highest BCUT2D eigenvalue weighted by Crippen LogP contribution is 2.14. The van der Waals surface area contributed by atoms with Gasteiger partial charge in [0.2, 0.25) is 5.91 Å². The predicted octanol–water partition coefficient (Wildman–Crippen LogP) is 8.01. The van der Waals surface area contributed by atoms with Crippen LogP contribution in [0.15, 0.2) is 0 Å². The van der Waals surface area contributed by atoms with E-state index in [1.165, 1.54) is 116 Å². The van der Waals surface area contributed by atoms with Crippen LogP contribution in [0.4, 0.5) is 0 Å². The highest BCUT2D eigenvalue weighted by Gasteiger charge is 1.97. The molecule has 0 aliphatic rings. The largest absolute Gasteiger partial charge is 0.273 e. The first-order valence-corrected chi connectivity index (χ1v) is 11.5. The zero-order chi connectivity index (χ0) is 18.4. The molecule has 0 fully saturated rings. The Morgan fingerprint density at radius 1 is 0.480 bits per heavy atom. The van der Waals surface area contributed by atoms with Crippen LogP contribution in [-0.2, 0) is 4.79 Å². The molecule has 149 valence electrons. The number of unbranched alkanes of at least 4 members (excludes halogenated alkanes) is 19. The number of rotatable bonds is 21. The molecule has 0 saturated carbocycles. The van der Waals surface area contributed by atoms with E-state index < -0.39 is 5.91 Å². The standard InChI is InChI=1S/C23H46NO/c1-2-3-4-5-6-7-8-9-10-11-12-13-14-15-16-17-18-19-20-21-22-23(24)25/h24H,2-22H2,1H3. The third-order valence-corrected chi connectivity index (χ3v) is 5.26. The third-order valence-electron chi connectivity index (χ3n) is 5.26. The first-order valence-electron chi connectivity index (χ1n) is 11.5. The molecule has 0 aromatic heterocycles. The number of amides is 1. The molecule has 1 N–H and O–H groups in total. The van der Waals surface area contributed by atoms with Crippen molar-refractivity contribution in [3.8, 4) is 0 Å². The first kappa shape index (κ1) is 24.5. The summed E-state index contributed by atoms with van der Waals surface area (Å²) >= 11 is 0. The lowest BCUT2D eigenvalue weighted by Crippen LogP contribution is -1.96. The number of hydrogen-bond acceptors (Lipinski definition) is 1. The van der Waals surface area contributed by atoms with Crippen LogP contribution < -0.4 is 5.73 Å². The molecule has 0 saturated heterocycles. The van der Waals surface area contributed by atoms with Gasteiger partial charge in [0, 0.05) is 6.42 Å². The summed E-state index contributed by atoms with van der Waals surface area (Å²) in [7, 11) is 0. The maximum atomic E-state index is 10.5. The van der Waals surface area contributed by atoms with Crippen molar-refractivity contribution < 1.29 is 4.79 Å². The van der Waals surface area contributed by atoms with Crippen LogP contribution in [0.25, 0.3) is 0 Å². The van der Waals surface area contributed by atoms with Gasteiger partial charge in [0.05, 0.1) is 0 Å². The maximum Gasteiger partial charge on any atom is 0.238 e. The lowest BCUT2D eigenvalue weighted by Gasteiger charge is -2.04. The Hall–Kier alpha value is -0.530. The summed E-state index contributed by atoms with van der Waals surface area (Å²) in [4.78, 5) is 10.5. The van der Waals surface area contributed by atoms with Gasteiger partial charge >= 0.3 is 0 Å². The second-order valence-electron chi connectivity index (χ2n) is 7.89. The predicted molar refractivity (Wildman–Crippen MR) is 111 cm³/mol. The number of nitrogens with one attached hydrogen (secondary N) is 1. The van der Waals surface area contributed by atoms with E-state index in [0.29, 0.717) is 6.42 Å². The van der Waals surface area contributed by atoms with E-state index in [9.17, 15) is 4.79 Å². The van der Waals surface area contributed by atoms with E-state index >= 15 is 0 Å². The van der Waals surface area contributed by atoms with Crippen LogP contribution in [0.2, 0.25) is 0 Å². The summed E-state index contributed by atoms with van der Waals surface area (Å²) in [5.74, 6) is -0.401. The maximum absolute atomic E-state index is 10.5. The van der Waals surface area contributed by atoms with Gasteiger partial charge in [-0.2, -0.15) is 0 Å². The fraction of sp³-hybridized carbons (Fsp3) is 0.957. The number of carbonyl (C=O) groups excluding carboxylic acids is 1. The van der Waals surface area contributed by atoms with E-state index in [1.54, 1.807) is 0 Å². The lowest BCUT2D eigenvalue weighted by atomic mass is 10.0. The van der Waals surface area contributed by atoms with Gasteiger partial charge in [-0.05, 0) is 6.42 Å². The van der Waals surface area contributed by atoms with Crippen LogP contribution in [0.5, 0.6) is 0 Å². The molecule has 0 aliphatic carbocycles. The molecule has 0 bridgehead atoms. The Labute approximate surface area is 158 Å². The molecular weight excluding hydrogens is 306 g/mol. The normalized spacial score (nSPS) is 11.1. The van der Waals surface area contributed by atoms with Gasteiger partial charge in [-0.3, -0.25) is 10.5 Å². The molecule has 0 heterocycles. The van der Waals surface area contributed by atoms with Gasteiger partial charge in [-0.15, -0.1) is 0 Å². The summed E-state index contributed by atoms with van der Waals surface area (Å²) in [5, 5.41) is 0. The van der Waals surface area contributed by atoms with E-state index in [1.807, 2.05) is 0 Å². The van der Waals surface area contributed by atoms with Gasteiger partial charge < -0.3 is 0 Å². The van der Waals surface area contributed by atoms with Gasteiger partial charge in [0.15, 0.2) is 0 Å². The molecule has 0 unspecified atom stereocenters. The van der Waals surface area contributed by atoms with Crippen molar-refractivity contribution in [1.82, 2.24) is 5.73 Å². The minimum atomic E-state index is -0.401. The molecule has 0 aromatic rings. The van der Waals surface area contributed by atoms with Crippen molar-refractivity contribution in [3.63, 3.8) is 0 Å². The zero-order valence-corrected chi connectivity index (χ0v) is 17.3. The Morgan fingerprint density at radius 2 is 0.720 bits per heavy atom. The van der Waals surface area contributed by atoms with Crippen LogP contribution in [0, 0.1) is 0 Å². The monoisotopic (exact) mass is 352 g/mol. The molecule has 2 heteroatoms. The van der Waals surface area contributed by atoms with Gasteiger partial charge in [-0.1, -0.05) is 129 Å². The molecule has 25 heavy (non-hydrogen) atoms. The Balaban J connectivity index is 2.97. The van der Waals surface area contributed by atoms with Crippen molar-refractivity contribution in [2.45, 2.75) is 142 Å². The summed E-state index contributed by atoms with van der Waals surface area (Å²) in [6.45, 7) is 2.29. The highest BCUT2D eigenvalue weighted by atomic mass is 16.1. The van der Waals surface area contributed by atoms with Crippen molar-refractivity contribution >= 4 is 5.91 Å². The average Bonchev–Trinajstić information content (AvgIpc) is 2.60. The topological polar surface area (TPSA) is 40.9 Å². The first-order chi connectivity index (χ1) is 12.3. The molecule has 0 spiro atoms. The molecule has 1 amide bonds. The van der Waals surface area contributed by atoms with Crippen LogP contribution in [0.1, 0.15) is 142 Å². The van der Waals surface area contributed by atoms with E-state index in [4.69, 9.17) is 5.73 Å². The lowest BCUT2D eigenvalue weighted by molar-refractivity contribution is -0.118. The number of carbonyl (C=O) groups is 1. The average molecular weight is 353 g/mol. The molecule has 0 atom stereocenters. The summed E-state index contributed by atoms with van der Waals surface area (Å²) in [5.41, 5.74) is 6.85. The fourth-order valence-corrected chi connectivity index (χ4v) is 3.54. The van der Waals surface area contributed by atoms with E-state index in [0.717, 1.165) is 12.8 Å². The summed E-state index contributed by atoms with van der Waals surface area (Å²) < 4.78 is 0. The smallest absolute Gasteiger partial charge is 0.238 e. The Morgan fingerprint density at radius 3 is 0.960 bits per heavy atom. The minimum absolute atomic E-state index is 0.401. The molecular formula is C23H46NO. The van der Waals surface area contributed by atoms with Crippen molar-refractivity contribution in [3.05, 3.63) is 0 Å². The quantitative estimate of drug-likeness (QED) is 0.193. The second kappa shape index (κ2) is 21.5. The van der Waals surface area contributed by atoms with Crippen LogP contribution in [0.3, 0.4) is 0 Å². The zero-order valence-electron chi connectivity index (χ0n) is 17.3. The van der Waals surface area contributed by atoms with Gasteiger partial charge in [0.1, 0.15) is 0 Å². The van der Waals surface area contributed by atoms with Crippen molar-refractivity contribution in [1.29, 1.82) is 0 Å². The summed E-state index contributed by atoms with van der Waals surface area (Å²) in [6, 6.07) is 0. The minimum Gasteiger partial charge on any atom is -0.273 e.